The van der Waals surface area contributed by atoms with Crippen LogP contribution in [0.25, 0.3) is 21.0 Å². The summed E-state index contributed by atoms with van der Waals surface area (Å²) in [6.45, 7) is 4.04. The molecule has 2 aromatic carbocycles. The zero-order valence-electron chi connectivity index (χ0n) is 9.84. The van der Waals surface area contributed by atoms with E-state index in [-0.39, 0.29) is 0 Å². The van der Waals surface area contributed by atoms with Crippen molar-refractivity contribution in [2.75, 3.05) is 0 Å². The molecule has 1 aromatic heterocycles. The summed E-state index contributed by atoms with van der Waals surface area (Å²) in [6, 6.07) is 20.5. The Kier molecular flexibility index (Phi) is 2.95. The van der Waals surface area contributed by atoms with Gasteiger partial charge in [-0.25, -0.2) is 4.98 Å². The number of aromatic nitrogens is 1. The lowest BCUT2D eigenvalue weighted by molar-refractivity contribution is 1.35. The van der Waals surface area contributed by atoms with E-state index in [2.05, 4.69) is 36.2 Å². The highest BCUT2D eigenvalue weighted by Gasteiger charge is 2.10. The van der Waals surface area contributed by atoms with Gasteiger partial charge in [0.25, 0.3) is 0 Å². The number of hydrogen-bond acceptors (Lipinski definition) is 2. The molecular weight excluding hydrogens is 238 g/mol. The number of thiazole rings is 1. The Morgan fingerprint density at radius 2 is 1.33 bits per heavy atom. The van der Waals surface area contributed by atoms with E-state index in [9.17, 15) is 0 Å². The number of benzene rings is 2. The van der Waals surface area contributed by atoms with Gasteiger partial charge in [0.05, 0.1) is 10.6 Å². The van der Waals surface area contributed by atoms with Gasteiger partial charge in [-0.15, -0.1) is 11.3 Å². The first kappa shape index (κ1) is 11.2. The van der Waals surface area contributed by atoms with Crippen LogP contribution in [0.5, 0.6) is 0 Å². The molecule has 1 nitrogen and oxygen atoms in total. The van der Waals surface area contributed by atoms with Crippen LogP contribution in [0.1, 0.15) is 5.69 Å². The van der Waals surface area contributed by atoms with Gasteiger partial charge in [0.1, 0.15) is 5.01 Å². The quantitative estimate of drug-likeness (QED) is 0.644. The van der Waals surface area contributed by atoms with Crippen molar-refractivity contribution in [3.8, 4) is 21.0 Å². The van der Waals surface area contributed by atoms with Crippen LogP contribution < -0.4 is 0 Å². The first-order valence-electron chi connectivity index (χ1n) is 5.78. The van der Waals surface area contributed by atoms with Gasteiger partial charge >= 0.3 is 0 Å². The third-order valence-electron chi connectivity index (χ3n) is 2.75. The van der Waals surface area contributed by atoms with Gasteiger partial charge in [-0.1, -0.05) is 60.7 Å². The van der Waals surface area contributed by atoms with Gasteiger partial charge in [0.2, 0.25) is 0 Å². The van der Waals surface area contributed by atoms with E-state index < -0.39 is 0 Å². The zero-order valence-corrected chi connectivity index (χ0v) is 10.7. The fourth-order valence-electron chi connectivity index (χ4n) is 1.87. The fourth-order valence-corrected chi connectivity index (χ4v) is 2.89. The molecule has 2 heteroatoms. The van der Waals surface area contributed by atoms with E-state index in [0.717, 1.165) is 21.1 Å². The standard InChI is InChI=1S/C16H12NS/c1-12-15(13-8-4-2-5-9-13)18-16(17-12)14-10-6-3-7-11-14/h2-11H,1H2. The maximum absolute atomic E-state index is 4.56. The number of rotatable bonds is 2. The SMILES string of the molecule is [CH2]c1nc(-c2ccccc2)sc1-c1ccccc1. The summed E-state index contributed by atoms with van der Waals surface area (Å²) in [5.41, 5.74) is 3.18. The van der Waals surface area contributed by atoms with E-state index in [1.165, 1.54) is 5.56 Å². The van der Waals surface area contributed by atoms with Crippen LogP contribution in [0, 0.1) is 6.92 Å². The first-order valence-corrected chi connectivity index (χ1v) is 6.60. The molecule has 0 spiro atoms. The van der Waals surface area contributed by atoms with Crippen LogP contribution in [-0.2, 0) is 0 Å². The molecule has 1 heterocycles. The Balaban J connectivity index is 2.07. The molecule has 87 valence electrons. The van der Waals surface area contributed by atoms with E-state index in [1.54, 1.807) is 11.3 Å². The van der Waals surface area contributed by atoms with Crippen LogP contribution in [0.4, 0.5) is 0 Å². The minimum atomic E-state index is 0.852. The molecule has 0 aliphatic heterocycles. The summed E-state index contributed by atoms with van der Waals surface area (Å²) in [4.78, 5) is 5.71. The topological polar surface area (TPSA) is 12.9 Å². The molecule has 0 amide bonds. The van der Waals surface area contributed by atoms with Crippen molar-refractivity contribution in [2.24, 2.45) is 0 Å². The van der Waals surface area contributed by atoms with Crippen molar-refractivity contribution in [1.82, 2.24) is 4.98 Å². The molecule has 1 radical (unpaired) electrons. The second kappa shape index (κ2) is 4.75. The largest absolute Gasteiger partial charge is 0.240 e. The normalized spacial score (nSPS) is 10.5. The van der Waals surface area contributed by atoms with E-state index in [0.29, 0.717) is 0 Å². The predicted octanol–water partition coefficient (Wildman–Crippen LogP) is 4.66. The highest BCUT2D eigenvalue weighted by atomic mass is 32.1. The second-order valence-electron chi connectivity index (χ2n) is 4.03. The second-order valence-corrected chi connectivity index (χ2v) is 5.03. The van der Waals surface area contributed by atoms with Crippen LogP contribution >= 0.6 is 11.3 Å². The third kappa shape index (κ3) is 2.07. The van der Waals surface area contributed by atoms with Gasteiger partial charge < -0.3 is 0 Å². The molecule has 0 atom stereocenters. The lowest BCUT2D eigenvalue weighted by Gasteiger charge is -1.96. The van der Waals surface area contributed by atoms with Gasteiger partial charge in [0.15, 0.2) is 0 Å². The third-order valence-corrected chi connectivity index (χ3v) is 3.95. The number of hydrogen-bond donors (Lipinski definition) is 0. The molecule has 18 heavy (non-hydrogen) atoms. The average Bonchev–Trinajstić information content (AvgIpc) is 2.83. The zero-order chi connectivity index (χ0) is 12.4. The van der Waals surface area contributed by atoms with Crippen molar-refractivity contribution >= 4 is 11.3 Å². The molecule has 0 bridgehead atoms. The molecule has 0 N–H and O–H groups in total. The van der Waals surface area contributed by atoms with Crippen molar-refractivity contribution in [3.05, 3.63) is 73.3 Å². The lowest BCUT2D eigenvalue weighted by atomic mass is 10.2. The Hall–Kier alpha value is -1.93. The van der Waals surface area contributed by atoms with Crippen LogP contribution in [0.3, 0.4) is 0 Å². The smallest absolute Gasteiger partial charge is 0.124 e. The molecule has 0 unspecified atom stereocenters. The molecule has 3 rings (SSSR count). The van der Waals surface area contributed by atoms with E-state index >= 15 is 0 Å². The average molecular weight is 250 g/mol. The summed E-state index contributed by atoms with van der Waals surface area (Å²) >= 11 is 1.69. The van der Waals surface area contributed by atoms with Crippen molar-refractivity contribution < 1.29 is 0 Å². The molecule has 0 fully saturated rings. The summed E-state index contributed by atoms with van der Waals surface area (Å²) in [7, 11) is 0. The Morgan fingerprint density at radius 3 is 1.94 bits per heavy atom. The molecule has 0 aliphatic carbocycles. The van der Waals surface area contributed by atoms with E-state index in [1.807, 2.05) is 36.4 Å². The summed E-state index contributed by atoms with van der Waals surface area (Å²) in [5.74, 6) is 0. The Bertz CT molecular complexity index is 641. The molecule has 0 aliphatic rings. The Morgan fingerprint density at radius 1 is 0.778 bits per heavy atom. The van der Waals surface area contributed by atoms with Crippen LogP contribution in [0.15, 0.2) is 60.7 Å². The van der Waals surface area contributed by atoms with Crippen molar-refractivity contribution in [3.63, 3.8) is 0 Å². The fraction of sp³-hybridized carbons (Fsp3) is 0. The van der Waals surface area contributed by atoms with E-state index in [4.69, 9.17) is 0 Å². The van der Waals surface area contributed by atoms with Crippen LogP contribution in [-0.4, -0.2) is 4.98 Å². The molecule has 0 saturated heterocycles. The lowest BCUT2D eigenvalue weighted by Crippen LogP contribution is -1.77. The van der Waals surface area contributed by atoms with Crippen LogP contribution in [0.2, 0.25) is 0 Å². The number of nitrogens with zero attached hydrogens (tertiary/aromatic N) is 1. The molecule has 3 aromatic rings. The first-order chi connectivity index (χ1) is 8.84. The van der Waals surface area contributed by atoms with Crippen molar-refractivity contribution in [1.29, 1.82) is 0 Å². The maximum atomic E-state index is 4.56. The molecular formula is C16H12NS. The maximum Gasteiger partial charge on any atom is 0.124 e. The highest BCUT2D eigenvalue weighted by molar-refractivity contribution is 7.18. The predicted molar refractivity (Wildman–Crippen MR) is 77.4 cm³/mol. The monoisotopic (exact) mass is 250 g/mol. The van der Waals surface area contributed by atoms with Gasteiger partial charge in [-0.2, -0.15) is 0 Å². The van der Waals surface area contributed by atoms with Gasteiger partial charge in [0, 0.05) is 5.56 Å². The van der Waals surface area contributed by atoms with Gasteiger partial charge in [-0.3, -0.25) is 0 Å². The summed E-state index contributed by atoms with van der Waals surface area (Å²) in [5, 5.41) is 1.03. The highest BCUT2D eigenvalue weighted by Crippen LogP contribution is 2.34. The minimum Gasteiger partial charge on any atom is -0.240 e. The molecule has 0 saturated carbocycles. The van der Waals surface area contributed by atoms with Gasteiger partial charge in [-0.05, 0) is 12.5 Å². The summed E-state index contributed by atoms with van der Waals surface area (Å²) in [6.07, 6.45) is 0. The van der Waals surface area contributed by atoms with Crippen molar-refractivity contribution in [2.45, 2.75) is 0 Å². The summed E-state index contributed by atoms with van der Waals surface area (Å²) < 4.78 is 0. The minimum absolute atomic E-state index is 0.852. The Labute approximate surface area is 111 Å².